The van der Waals surface area contributed by atoms with Gasteiger partial charge in [0.05, 0.1) is 25.3 Å². The van der Waals surface area contributed by atoms with Gasteiger partial charge in [0.15, 0.2) is 0 Å². The Morgan fingerprint density at radius 1 is 1.09 bits per heavy atom. The predicted octanol–water partition coefficient (Wildman–Crippen LogP) is 2.68. The summed E-state index contributed by atoms with van der Waals surface area (Å²) in [6.45, 7) is -1.62. The first-order valence-electron chi connectivity index (χ1n) is 10.0. The lowest BCUT2D eigenvalue weighted by Gasteiger charge is -2.14. The number of ether oxygens (including phenoxy) is 2. The van der Waals surface area contributed by atoms with Crippen LogP contribution in [0.4, 0.5) is 14.5 Å². The topological polar surface area (TPSA) is 108 Å². The molecule has 0 bridgehead atoms. The van der Waals surface area contributed by atoms with Crippen molar-refractivity contribution in [2.45, 2.75) is 26.6 Å². The fraction of sp³-hybridized carbons (Fsp3) is 0.273. The first kappa shape index (κ1) is 24.9. The molecular formula is C22H21ClF2N4O5. The van der Waals surface area contributed by atoms with Crippen LogP contribution in [-0.2, 0) is 22.6 Å². The highest BCUT2D eigenvalue weighted by Crippen LogP contribution is 2.19. The van der Waals surface area contributed by atoms with Gasteiger partial charge in [-0.1, -0.05) is 30.7 Å². The molecular weight excluding hydrogens is 474 g/mol. The number of hydrogen-bond donors (Lipinski definition) is 1. The first-order valence-corrected chi connectivity index (χ1v) is 10.4. The molecule has 0 aliphatic carbocycles. The Bertz CT molecular complexity index is 1330. The van der Waals surface area contributed by atoms with Gasteiger partial charge in [0, 0.05) is 11.6 Å². The fourth-order valence-electron chi connectivity index (χ4n) is 3.09. The molecule has 180 valence electrons. The van der Waals surface area contributed by atoms with Crippen LogP contribution in [0.5, 0.6) is 5.75 Å². The summed E-state index contributed by atoms with van der Waals surface area (Å²) in [6, 6.07) is 12.1. The number of rotatable bonds is 8. The van der Waals surface area contributed by atoms with E-state index in [4.69, 9.17) is 11.6 Å². The van der Waals surface area contributed by atoms with Gasteiger partial charge in [-0.25, -0.2) is 19.1 Å². The third-order valence-corrected chi connectivity index (χ3v) is 5.04. The molecule has 1 atom stereocenters. The number of carbonyl (C=O) groups excluding carboxylic acids is 1. The van der Waals surface area contributed by atoms with Crippen molar-refractivity contribution in [3.63, 3.8) is 0 Å². The van der Waals surface area contributed by atoms with Crippen LogP contribution in [0.3, 0.4) is 0 Å². The normalized spacial score (nSPS) is 12.6. The van der Waals surface area contributed by atoms with Gasteiger partial charge in [0.1, 0.15) is 5.75 Å². The van der Waals surface area contributed by atoms with E-state index < -0.39 is 29.9 Å². The molecule has 1 aromatic heterocycles. The van der Waals surface area contributed by atoms with Crippen LogP contribution in [-0.4, -0.2) is 33.8 Å². The maximum Gasteiger partial charge on any atom is 0.387 e. The van der Waals surface area contributed by atoms with Crippen molar-refractivity contribution in [3.8, 4) is 5.75 Å². The van der Waals surface area contributed by atoms with Gasteiger partial charge in [-0.2, -0.15) is 8.78 Å². The summed E-state index contributed by atoms with van der Waals surface area (Å²) in [6.07, 6.45) is 0. The van der Waals surface area contributed by atoms with E-state index in [9.17, 15) is 23.2 Å². The van der Waals surface area contributed by atoms with Crippen LogP contribution in [0.1, 0.15) is 12.5 Å². The Morgan fingerprint density at radius 2 is 1.74 bits per heavy atom. The molecule has 0 fully saturated rings. The van der Waals surface area contributed by atoms with Gasteiger partial charge in [0.25, 0.3) is 0 Å². The van der Waals surface area contributed by atoms with Crippen molar-refractivity contribution >= 4 is 23.3 Å². The lowest BCUT2D eigenvalue weighted by molar-refractivity contribution is -0.145. The number of alkyl halides is 2. The lowest BCUT2D eigenvalue weighted by atomic mass is 10.2. The molecule has 0 spiro atoms. The Balaban J connectivity index is 2.11. The van der Waals surface area contributed by atoms with E-state index >= 15 is 0 Å². The molecule has 0 amide bonds. The van der Waals surface area contributed by atoms with E-state index in [1.54, 1.807) is 24.3 Å². The minimum atomic E-state index is -2.97. The molecule has 1 N–H and O–H groups in total. The summed E-state index contributed by atoms with van der Waals surface area (Å²) in [5.41, 5.74) is -0.574. The predicted molar refractivity (Wildman–Crippen MR) is 119 cm³/mol. The third-order valence-electron chi connectivity index (χ3n) is 4.79. The average Bonchev–Trinajstić information content (AvgIpc) is 2.80. The zero-order chi connectivity index (χ0) is 24.8. The van der Waals surface area contributed by atoms with Gasteiger partial charge in [-0.3, -0.25) is 14.3 Å². The molecule has 2 aromatic carbocycles. The molecule has 0 aliphatic heterocycles. The highest BCUT2D eigenvalue weighted by molar-refractivity contribution is 6.30. The minimum absolute atomic E-state index is 0.0325. The van der Waals surface area contributed by atoms with Crippen LogP contribution >= 0.6 is 11.6 Å². The number of carbonyl (C=O) groups is 1. The number of aromatic nitrogens is 3. The van der Waals surface area contributed by atoms with Crippen LogP contribution in [0.2, 0.25) is 5.02 Å². The first-order chi connectivity index (χ1) is 16.2. The summed E-state index contributed by atoms with van der Waals surface area (Å²) in [7, 11) is 1.21. The Hall–Kier alpha value is -3.73. The standard InChI is InChI=1S/C22H21ClF2N4O5/c1-13(18(30)33-2)11-29-21(31)27-20(26-16-7-9-17(10-8-16)34-19(24)25)28(22(29)32)12-14-3-5-15(23)6-4-14/h3-10,13,19H,11-12H2,1-2H3,(H,26,27,31)/t13-/m0/s1. The van der Waals surface area contributed by atoms with Crippen LogP contribution in [0.15, 0.2) is 63.1 Å². The Kier molecular flexibility index (Phi) is 8.00. The lowest BCUT2D eigenvalue weighted by Crippen LogP contribution is -2.51. The molecule has 3 aromatic rings. The second-order valence-electron chi connectivity index (χ2n) is 7.27. The maximum absolute atomic E-state index is 13.3. The van der Waals surface area contributed by atoms with Crippen molar-refractivity contribution in [3.05, 3.63) is 85.7 Å². The number of nitrogens with one attached hydrogen (secondary N) is 1. The van der Waals surface area contributed by atoms with E-state index in [1.807, 2.05) is 0 Å². The quantitative estimate of drug-likeness (QED) is 0.484. The highest BCUT2D eigenvalue weighted by Gasteiger charge is 2.18. The van der Waals surface area contributed by atoms with Gasteiger partial charge in [0.2, 0.25) is 5.62 Å². The van der Waals surface area contributed by atoms with Gasteiger partial charge >= 0.3 is 24.0 Å². The molecule has 0 saturated carbocycles. The van der Waals surface area contributed by atoms with Crippen molar-refractivity contribution in [1.82, 2.24) is 14.1 Å². The highest BCUT2D eigenvalue weighted by atomic mass is 35.5. The van der Waals surface area contributed by atoms with E-state index in [1.165, 1.54) is 42.9 Å². The molecule has 0 unspecified atom stereocenters. The molecule has 12 heteroatoms. The van der Waals surface area contributed by atoms with Gasteiger partial charge in [-0.05, 0) is 42.0 Å². The number of esters is 1. The molecule has 3 rings (SSSR count). The number of nitrogens with zero attached hydrogens (tertiary/aromatic N) is 3. The summed E-state index contributed by atoms with van der Waals surface area (Å²) < 4.78 is 35.9. The van der Waals surface area contributed by atoms with Crippen molar-refractivity contribution in [1.29, 1.82) is 0 Å². The van der Waals surface area contributed by atoms with Crippen LogP contribution in [0.25, 0.3) is 0 Å². The van der Waals surface area contributed by atoms with Crippen molar-refractivity contribution < 1.29 is 23.0 Å². The summed E-state index contributed by atoms with van der Waals surface area (Å²) in [4.78, 5) is 44.6. The zero-order valence-corrected chi connectivity index (χ0v) is 19.0. The molecule has 0 saturated heterocycles. The number of H-pyrrole nitrogens is 1. The number of aromatic amines is 1. The minimum Gasteiger partial charge on any atom is -0.469 e. The van der Waals surface area contributed by atoms with Crippen molar-refractivity contribution in [2.75, 3.05) is 7.11 Å². The van der Waals surface area contributed by atoms with Crippen LogP contribution in [0, 0.1) is 5.92 Å². The van der Waals surface area contributed by atoms with Gasteiger partial charge in [-0.15, -0.1) is 0 Å². The van der Waals surface area contributed by atoms with E-state index in [0.717, 1.165) is 4.57 Å². The number of hydrogen-bond acceptors (Lipinski definition) is 6. The molecule has 0 aliphatic rings. The summed E-state index contributed by atoms with van der Waals surface area (Å²) in [5, 5.41) is 0.510. The number of methoxy groups -OCH3 is 1. The van der Waals surface area contributed by atoms with Crippen LogP contribution < -0.4 is 21.7 Å². The monoisotopic (exact) mass is 494 g/mol. The SMILES string of the molecule is COC(=O)[C@@H](C)Cn1c(=O)[nH]/c(=N\c2ccc(OC(F)F)cc2)n(Cc2ccc(Cl)cc2)c1=O. The molecule has 9 nitrogen and oxygen atoms in total. The second kappa shape index (κ2) is 10.9. The number of benzene rings is 2. The van der Waals surface area contributed by atoms with E-state index in [0.29, 0.717) is 10.6 Å². The molecule has 1 heterocycles. The largest absolute Gasteiger partial charge is 0.469 e. The fourth-order valence-corrected chi connectivity index (χ4v) is 3.22. The summed E-state index contributed by atoms with van der Waals surface area (Å²) in [5.74, 6) is -1.39. The van der Waals surface area contributed by atoms with Gasteiger partial charge < -0.3 is 9.47 Å². The smallest absolute Gasteiger partial charge is 0.387 e. The van der Waals surface area contributed by atoms with Crippen molar-refractivity contribution in [2.24, 2.45) is 10.9 Å². The maximum atomic E-state index is 13.3. The second-order valence-corrected chi connectivity index (χ2v) is 7.70. The molecule has 34 heavy (non-hydrogen) atoms. The average molecular weight is 495 g/mol. The third kappa shape index (κ3) is 6.19. The zero-order valence-electron chi connectivity index (χ0n) is 18.2. The number of halogens is 3. The molecule has 0 radical (unpaired) electrons. The van der Waals surface area contributed by atoms with E-state index in [-0.39, 0.29) is 30.1 Å². The Labute approximate surface area is 196 Å². The van der Waals surface area contributed by atoms with E-state index in [2.05, 4.69) is 19.5 Å². The Morgan fingerprint density at radius 3 is 2.32 bits per heavy atom. The summed E-state index contributed by atoms with van der Waals surface area (Å²) >= 11 is 5.94.